The molecule has 0 aliphatic carbocycles. The van der Waals surface area contributed by atoms with Gasteiger partial charge in [-0.15, -0.1) is 6.58 Å². The first-order valence-electron chi connectivity index (χ1n) is 7.61. The van der Waals surface area contributed by atoms with Gasteiger partial charge in [-0.2, -0.15) is 0 Å². The average molecular weight is 287 g/mol. The monoisotopic (exact) mass is 287 g/mol. The number of allylic oxidation sites excluding steroid dienone is 1. The minimum absolute atomic E-state index is 0.000579. The van der Waals surface area contributed by atoms with Crippen molar-refractivity contribution in [2.45, 2.75) is 38.8 Å². The van der Waals surface area contributed by atoms with Gasteiger partial charge in [0.15, 0.2) is 0 Å². The molecule has 0 radical (unpaired) electrons. The highest BCUT2D eigenvalue weighted by atomic mass is 16.1. The first-order chi connectivity index (χ1) is 10.1. The summed E-state index contributed by atoms with van der Waals surface area (Å²) in [5, 5.41) is 3.00. The molecule has 1 amide bonds. The lowest BCUT2D eigenvalue weighted by molar-refractivity contribution is 0.0950. The van der Waals surface area contributed by atoms with Gasteiger partial charge in [-0.1, -0.05) is 18.2 Å². The quantitative estimate of drug-likeness (QED) is 0.702. The summed E-state index contributed by atoms with van der Waals surface area (Å²) in [6, 6.07) is 8.58. The highest BCUT2D eigenvalue weighted by Crippen LogP contribution is 2.17. The fourth-order valence-corrected chi connectivity index (χ4v) is 2.82. The van der Waals surface area contributed by atoms with Gasteiger partial charge in [0, 0.05) is 24.2 Å². The topological polar surface area (TPSA) is 53.2 Å². The number of hydrazine groups is 1. The number of carbonyl (C=O) groups is 1. The van der Waals surface area contributed by atoms with Crippen LogP contribution < -0.4 is 16.2 Å². The Morgan fingerprint density at radius 1 is 1.24 bits per heavy atom. The van der Waals surface area contributed by atoms with Gasteiger partial charge in [0.1, 0.15) is 0 Å². The molecule has 1 aromatic rings. The van der Waals surface area contributed by atoms with Crippen molar-refractivity contribution < 1.29 is 4.79 Å². The molecule has 3 N–H and O–H groups in total. The second-order valence-electron chi connectivity index (χ2n) is 5.76. The van der Waals surface area contributed by atoms with Crippen molar-refractivity contribution in [3.05, 3.63) is 48.0 Å². The Bertz CT molecular complexity index is 473. The Morgan fingerprint density at radius 2 is 1.86 bits per heavy atom. The zero-order chi connectivity index (χ0) is 15.2. The zero-order valence-electron chi connectivity index (χ0n) is 12.9. The highest BCUT2D eigenvalue weighted by molar-refractivity contribution is 5.94. The third-order valence-corrected chi connectivity index (χ3v) is 4.18. The Hall–Kier alpha value is -1.65. The molecule has 2 atom stereocenters. The van der Waals surface area contributed by atoms with E-state index < -0.39 is 0 Å². The summed E-state index contributed by atoms with van der Waals surface area (Å²) in [6.45, 7) is 8.75. The first-order valence-corrected chi connectivity index (χ1v) is 7.61. The molecule has 0 bridgehead atoms. The van der Waals surface area contributed by atoms with E-state index in [2.05, 4.69) is 36.6 Å². The maximum atomic E-state index is 12.1. The molecule has 1 fully saturated rings. The van der Waals surface area contributed by atoms with Crippen LogP contribution in [0.3, 0.4) is 0 Å². The zero-order valence-corrected chi connectivity index (χ0v) is 12.9. The number of hydrogen-bond donors (Lipinski definition) is 3. The van der Waals surface area contributed by atoms with E-state index in [1.807, 2.05) is 30.3 Å². The Balaban J connectivity index is 1.80. The fraction of sp³-hybridized carbons (Fsp3) is 0.471. The standard InChI is InChI=1S/C17H25N3O/c1-4-5-14-6-8-15(9-7-14)17(21)18-11-10-16-12(2)19-20-13(16)3/h4,6-9,12-13,16,19-20H,1,5,10-11H2,2-3H3,(H,18,21). The Kier molecular flexibility index (Phi) is 5.53. The van der Waals surface area contributed by atoms with Crippen molar-refractivity contribution in [2.75, 3.05) is 6.54 Å². The molecule has 114 valence electrons. The van der Waals surface area contributed by atoms with Gasteiger partial charge in [0.2, 0.25) is 0 Å². The molecular formula is C17H25N3O. The van der Waals surface area contributed by atoms with Gasteiger partial charge < -0.3 is 5.32 Å². The molecule has 1 aliphatic heterocycles. The lowest BCUT2D eigenvalue weighted by Gasteiger charge is -2.17. The summed E-state index contributed by atoms with van der Waals surface area (Å²) in [5.41, 5.74) is 8.36. The fourth-order valence-electron chi connectivity index (χ4n) is 2.82. The van der Waals surface area contributed by atoms with Crippen molar-refractivity contribution in [2.24, 2.45) is 5.92 Å². The summed E-state index contributed by atoms with van der Waals surface area (Å²) in [7, 11) is 0. The third kappa shape index (κ3) is 4.16. The molecule has 1 heterocycles. The van der Waals surface area contributed by atoms with E-state index in [1.165, 1.54) is 5.56 Å². The summed E-state index contributed by atoms with van der Waals surface area (Å²) < 4.78 is 0. The van der Waals surface area contributed by atoms with Crippen molar-refractivity contribution in [1.29, 1.82) is 0 Å². The van der Waals surface area contributed by atoms with E-state index in [1.54, 1.807) is 0 Å². The van der Waals surface area contributed by atoms with E-state index in [0.29, 0.717) is 30.1 Å². The van der Waals surface area contributed by atoms with Gasteiger partial charge in [0.25, 0.3) is 5.91 Å². The molecular weight excluding hydrogens is 262 g/mol. The van der Waals surface area contributed by atoms with Crippen molar-refractivity contribution >= 4 is 5.91 Å². The predicted octanol–water partition coefficient (Wildman–Crippen LogP) is 2.04. The molecule has 2 rings (SSSR count). The van der Waals surface area contributed by atoms with Gasteiger partial charge in [-0.05, 0) is 50.3 Å². The molecule has 2 unspecified atom stereocenters. The number of amides is 1. The maximum Gasteiger partial charge on any atom is 0.251 e. The molecule has 1 aliphatic rings. The number of carbonyl (C=O) groups excluding carboxylic acids is 1. The molecule has 21 heavy (non-hydrogen) atoms. The summed E-state index contributed by atoms with van der Waals surface area (Å²) >= 11 is 0. The minimum atomic E-state index is -0.000579. The van der Waals surface area contributed by atoms with E-state index >= 15 is 0 Å². The summed E-state index contributed by atoms with van der Waals surface area (Å²) in [6.07, 6.45) is 3.67. The summed E-state index contributed by atoms with van der Waals surface area (Å²) in [5.74, 6) is 0.541. The molecule has 4 heteroatoms. The van der Waals surface area contributed by atoms with Crippen molar-refractivity contribution in [3.63, 3.8) is 0 Å². The third-order valence-electron chi connectivity index (χ3n) is 4.18. The number of benzene rings is 1. The molecule has 0 aromatic heterocycles. The van der Waals surface area contributed by atoms with Gasteiger partial charge in [-0.25, -0.2) is 0 Å². The molecule has 1 aromatic carbocycles. The molecule has 0 saturated carbocycles. The Labute approximate surface area is 127 Å². The average Bonchev–Trinajstić information content (AvgIpc) is 2.80. The second kappa shape index (κ2) is 7.38. The molecule has 0 spiro atoms. The molecule has 1 saturated heterocycles. The normalized spacial score (nSPS) is 24.8. The van der Waals surface area contributed by atoms with Crippen LogP contribution in [0, 0.1) is 5.92 Å². The van der Waals surface area contributed by atoms with Gasteiger partial charge in [-0.3, -0.25) is 15.6 Å². The number of rotatable bonds is 6. The van der Waals surface area contributed by atoms with Crippen LogP contribution in [-0.2, 0) is 6.42 Å². The van der Waals surface area contributed by atoms with Crippen LogP contribution in [0.4, 0.5) is 0 Å². The van der Waals surface area contributed by atoms with E-state index in [4.69, 9.17) is 0 Å². The number of nitrogens with one attached hydrogen (secondary N) is 3. The van der Waals surface area contributed by atoms with Crippen molar-refractivity contribution in [1.82, 2.24) is 16.2 Å². The predicted molar refractivity (Wildman–Crippen MR) is 86.0 cm³/mol. The van der Waals surface area contributed by atoms with Crippen LogP contribution in [-0.4, -0.2) is 24.5 Å². The minimum Gasteiger partial charge on any atom is -0.352 e. The SMILES string of the molecule is C=CCc1ccc(C(=O)NCCC2C(C)NNC2C)cc1. The van der Waals surface area contributed by atoms with E-state index in [-0.39, 0.29) is 5.91 Å². The smallest absolute Gasteiger partial charge is 0.251 e. The van der Waals surface area contributed by atoms with E-state index in [0.717, 1.165) is 12.8 Å². The van der Waals surface area contributed by atoms with Crippen molar-refractivity contribution in [3.8, 4) is 0 Å². The van der Waals surface area contributed by atoms with Gasteiger partial charge >= 0.3 is 0 Å². The van der Waals surface area contributed by atoms with Crippen LogP contribution >= 0.6 is 0 Å². The van der Waals surface area contributed by atoms with Crippen LogP contribution in [0.1, 0.15) is 36.2 Å². The lowest BCUT2D eigenvalue weighted by Crippen LogP contribution is -2.30. The second-order valence-corrected chi connectivity index (χ2v) is 5.76. The highest BCUT2D eigenvalue weighted by Gasteiger charge is 2.29. The van der Waals surface area contributed by atoms with Gasteiger partial charge in [0.05, 0.1) is 0 Å². The van der Waals surface area contributed by atoms with Crippen LogP contribution in [0.2, 0.25) is 0 Å². The summed E-state index contributed by atoms with van der Waals surface area (Å²) in [4.78, 5) is 12.1. The maximum absolute atomic E-state index is 12.1. The van der Waals surface area contributed by atoms with Crippen LogP contribution in [0.15, 0.2) is 36.9 Å². The first kappa shape index (κ1) is 15.7. The lowest BCUT2D eigenvalue weighted by atomic mass is 9.93. The largest absolute Gasteiger partial charge is 0.352 e. The Morgan fingerprint density at radius 3 is 2.43 bits per heavy atom. The van der Waals surface area contributed by atoms with E-state index in [9.17, 15) is 4.79 Å². The molecule has 4 nitrogen and oxygen atoms in total. The van der Waals surface area contributed by atoms with Crippen LogP contribution in [0.25, 0.3) is 0 Å². The number of hydrogen-bond acceptors (Lipinski definition) is 3. The van der Waals surface area contributed by atoms with Crippen LogP contribution in [0.5, 0.6) is 0 Å².